The highest BCUT2D eigenvalue weighted by Crippen LogP contribution is 2.39. The van der Waals surface area contributed by atoms with E-state index in [-0.39, 0.29) is 11.5 Å². The van der Waals surface area contributed by atoms with Gasteiger partial charge in [-0.1, -0.05) is 66.2 Å². The highest BCUT2D eigenvalue weighted by Gasteiger charge is 2.25. The fourth-order valence-electron chi connectivity index (χ4n) is 4.11. The largest absolute Gasteiger partial charge is 0.392 e. The van der Waals surface area contributed by atoms with E-state index in [4.69, 9.17) is 0 Å². The topological polar surface area (TPSA) is 59.3 Å². The zero-order chi connectivity index (χ0) is 21.6. The van der Waals surface area contributed by atoms with Crippen LogP contribution in [0.1, 0.15) is 11.1 Å². The number of aromatic nitrogens is 1. The number of nitrogens with zero attached hydrogens (tertiary/aromatic N) is 1. The maximum atomic E-state index is 13.9. The Hall–Kier alpha value is -3.41. The van der Waals surface area contributed by atoms with Gasteiger partial charge in [-0.2, -0.15) is 0 Å². The zero-order valence-electron chi connectivity index (χ0n) is 17.0. The minimum atomic E-state index is -3.86. The second-order valence-corrected chi connectivity index (χ2v) is 9.45. The summed E-state index contributed by atoms with van der Waals surface area (Å²) in [5, 5.41) is 11.5. The molecule has 5 heteroatoms. The number of hydrogen-bond acceptors (Lipinski definition) is 3. The molecule has 0 atom stereocenters. The Labute approximate surface area is 181 Å². The summed E-state index contributed by atoms with van der Waals surface area (Å²) >= 11 is 0. The van der Waals surface area contributed by atoms with Gasteiger partial charge in [-0.15, -0.1) is 0 Å². The molecule has 1 N–H and O–H groups in total. The van der Waals surface area contributed by atoms with Crippen LogP contribution in [0.5, 0.6) is 0 Å². The van der Waals surface area contributed by atoms with Crippen LogP contribution < -0.4 is 0 Å². The molecular weight excluding hydrogens is 406 g/mol. The Morgan fingerprint density at radius 3 is 2.19 bits per heavy atom. The van der Waals surface area contributed by atoms with Crippen molar-refractivity contribution in [2.75, 3.05) is 0 Å². The van der Waals surface area contributed by atoms with Gasteiger partial charge in [-0.25, -0.2) is 12.4 Å². The summed E-state index contributed by atoms with van der Waals surface area (Å²) in [5.74, 6) is 0. The van der Waals surface area contributed by atoms with Crippen molar-refractivity contribution in [3.63, 3.8) is 0 Å². The van der Waals surface area contributed by atoms with Gasteiger partial charge in [0.2, 0.25) is 0 Å². The van der Waals surface area contributed by atoms with Crippen LogP contribution in [0.25, 0.3) is 32.9 Å². The smallest absolute Gasteiger partial charge is 0.268 e. The molecule has 0 saturated heterocycles. The Bertz CT molecular complexity index is 1520. The van der Waals surface area contributed by atoms with E-state index in [1.54, 1.807) is 12.1 Å². The van der Waals surface area contributed by atoms with E-state index >= 15 is 0 Å². The third kappa shape index (κ3) is 3.14. The fraction of sp³-hybridized carbons (Fsp3) is 0.0769. The molecule has 4 aromatic carbocycles. The first kappa shape index (κ1) is 19.5. The van der Waals surface area contributed by atoms with Crippen molar-refractivity contribution in [3.8, 4) is 11.1 Å². The number of fused-ring (bicyclic) bond motifs is 3. The van der Waals surface area contributed by atoms with E-state index in [9.17, 15) is 13.5 Å². The van der Waals surface area contributed by atoms with Crippen molar-refractivity contribution in [3.05, 3.63) is 102 Å². The van der Waals surface area contributed by atoms with Crippen LogP contribution in [0.3, 0.4) is 0 Å². The molecule has 0 amide bonds. The summed E-state index contributed by atoms with van der Waals surface area (Å²) < 4.78 is 29.2. The summed E-state index contributed by atoms with van der Waals surface area (Å²) in [6, 6.07) is 27.9. The molecule has 0 aliphatic carbocycles. The lowest BCUT2D eigenvalue weighted by atomic mass is 9.99. The van der Waals surface area contributed by atoms with Gasteiger partial charge in [-0.3, -0.25) is 0 Å². The molecule has 0 aliphatic rings. The highest BCUT2D eigenvalue weighted by molar-refractivity contribution is 7.90. The minimum absolute atomic E-state index is 0.125. The van der Waals surface area contributed by atoms with Crippen molar-refractivity contribution in [1.82, 2.24) is 3.97 Å². The van der Waals surface area contributed by atoms with E-state index in [1.165, 1.54) is 3.97 Å². The molecule has 0 radical (unpaired) electrons. The van der Waals surface area contributed by atoms with Gasteiger partial charge >= 0.3 is 0 Å². The first-order valence-electron chi connectivity index (χ1n) is 10.1. The summed E-state index contributed by atoms with van der Waals surface area (Å²) in [7, 11) is -3.86. The Morgan fingerprint density at radius 2 is 1.48 bits per heavy atom. The molecule has 4 nitrogen and oxygen atoms in total. The summed E-state index contributed by atoms with van der Waals surface area (Å²) in [6.07, 6.45) is 0. The van der Waals surface area contributed by atoms with Gasteiger partial charge < -0.3 is 5.11 Å². The van der Waals surface area contributed by atoms with Crippen molar-refractivity contribution in [2.45, 2.75) is 18.4 Å². The molecule has 0 spiro atoms. The van der Waals surface area contributed by atoms with Crippen LogP contribution in [0.4, 0.5) is 0 Å². The lowest BCUT2D eigenvalue weighted by Gasteiger charge is -2.13. The van der Waals surface area contributed by atoms with Gasteiger partial charge in [0, 0.05) is 16.3 Å². The molecule has 154 valence electrons. The van der Waals surface area contributed by atoms with Crippen LogP contribution in [0.15, 0.2) is 95.9 Å². The highest BCUT2D eigenvalue weighted by atomic mass is 32.2. The van der Waals surface area contributed by atoms with Gasteiger partial charge in [-0.05, 0) is 48.4 Å². The molecule has 5 aromatic rings. The van der Waals surface area contributed by atoms with Crippen molar-refractivity contribution >= 4 is 31.8 Å². The second kappa shape index (κ2) is 7.38. The summed E-state index contributed by atoms with van der Waals surface area (Å²) in [6.45, 7) is 1.81. The van der Waals surface area contributed by atoms with Gasteiger partial charge in [0.25, 0.3) is 10.0 Å². The quantitative estimate of drug-likeness (QED) is 0.412. The number of hydrogen-bond donors (Lipinski definition) is 1. The molecule has 0 aliphatic heterocycles. The van der Waals surface area contributed by atoms with E-state index in [0.29, 0.717) is 11.0 Å². The van der Waals surface area contributed by atoms with Crippen molar-refractivity contribution in [1.29, 1.82) is 0 Å². The average molecular weight is 428 g/mol. The Balaban J connectivity index is 1.97. The van der Waals surface area contributed by atoms with Crippen molar-refractivity contribution in [2.24, 2.45) is 0 Å². The Morgan fingerprint density at radius 1 is 0.806 bits per heavy atom. The van der Waals surface area contributed by atoms with Crippen LogP contribution in [-0.4, -0.2) is 17.5 Å². The van der Waals surface area contributed by atoms with Crippen LogP contribution >= 0.6 is 0 Å². The summed E-state index contributed by atoms with van der Waals surface area (Å²) in [4.78, 5) is 0.242. The lowest BCUT2D eigenvalue weighted by Crippen LogP contribution is -2.13. The van der Waals surface area contributed by atoms with E-state index in [2.05, 4.69) is 0 Å². The maximum Gasteiger partial charge on any atom is 0.268 e. The monoisotopic (exact) mass is 427 g/mol. The molecule has 0 fully saturated rings. The third-order valence-corrected chi connectivity index (χ3v) is 7.34. The predicted octanol–water partition coefficient (Wildman–Crippen LogP) is 5.50. The molecule has 5 rings (SSSR count). The number of aryl methyl sites for hydroxylation is 1. The van der Waals surface area contributed by atoms with E-state index < -0.39 is 10.0 Å². The SMILES string of the molecule is Cc1ccc(S(=O)(=O)n2c3ccccc3c3cc(CO)cc(-c4ccccc4)c32)cc1. The van der Waals surface area contributed by atoms with Gasteiger partial charge in [0.05, 0.1) is 22.5 Å². The Kier molecular flexibility index (Phi) is 4.65. The van der Waals surface area contributed by atoms with Gasteiger partial charge in [0.15, 0.2) is 0 Å². The number of aliphatic hydroxyl groups excluding tert-OH is 1. The minimum Gasteiger partial charge on any atom is -0.392 e. The molecule has 1 heterocycles. The number of aliphatic hydroxyl groups is 1. The van der Waals surface area contributed by atoms with Crippen molar-refractivity contribution < 1.29 is 13.5 Å². The molecule has 0 unspecified atom stereocenters. The fourth-order valence-corrected chi connectivity index (χ4v) is 5.66. The first-order chi connectivity index (χ1) is 15.0. The average Bonchev–Trinajstić information content (AvgIpc) is 3.14. The molecule has 0 saturated carbocycles. The van der Waals surface area contributed by atoms with Crippen LogP contribution in [-0.2, 0) is 16.6 Å². The molecule has 1 aromatic heterocycles. The second-order valence-electron chi connectivity index (χ2n) is 7.66. The van der Waals surface area contributed by atoms with Gasteiger partial charge in [0.1, 0.15) is 0 Å². The van der Waals surface area contributed by atoms with E-state index in [0.717, 1.165) is 33.0 Å². The first-order valence-corrected chi connectivity index (χ1v) is 11.5. The molecule has 0 bridgehead atoms. The van der Waals surface area contributed by atoms with Crippen LogP contribution in [0.2, 0.25) is 0 Å². The molecular formula is C26H21NO3S. The predicted molar refractivity (Wildman–Crippen MR) is 125 cm³/mol. The van der Waals surface area contributed by atoms with Crippen LogP contribution in [0, 0.1) is 6.92 Å². The maximum absolute atomic E-state index is 13.9. The number of para-hydroxylation sites is 1. The number of rotatable bonds is 4. The summed E-state index contributed by atoms with van der Waals surface area (Å²) in [5.41, 5.74) is 4.64. The normalized spacial score (nSPS) is 11.9. The number of benzene rings is 4. The third-order valence-electron chi connectivity index (χ3n) is 5.61. The standard InChI is InChI=1S/C26H21NO3S/c1-18-11-13-21(14-12-18)31(29,30)27-25-10-6-5-9-22(25)24-16-19(17-28)15-23(26(24)27)20-7-3-2-4-8-20/h2-16,28H,17H2,1H3. The zero-order valence-corrected chi connectivity index (χ0v) is 17.8. The molecule has 31 heavy (non-hydrogen) atoms. The van der Waals surface area contributed by atoms with E-state index in [1.807, 2.05) is 85.8 Å². The lowest BCUT2D eigenvalue weighted by molar-refractivity contribution is 0.282.